The van der Waals surface area contributed by atoms with Crippen LogP contribution in [0.15, 0.2) is 0 Å². The van der Waals surface area contributed by atoms with Crippen molar-refractivity contribution in [1.29, 1.82) is 0 Å². The van der Waals surface area contributed by atoms with E-state index in [1.807, 2.05) is 20.8 Å². The zero-order chi connectivity index (χ0) is 14.7. The minimum Gasteiger partial charge on any atom is -0.480 e. The second-order valence-electron chi connectivity index (χ2n) is 6.28. The molecule has 5 nitrogen and oxygen atoms in total. The van der Waals surface area contributed by atoms with Crippen molar-refractivity contribution in [3.63, 3.8) is 0 Å². The fourth-order valence-electron chi connectivity index (χ4n) is 2.68. The summed E-state index contributed by atoms with van der Waals surface area (Å²) < 4.78 is 5.20. The highest BCUT2D eigenvalue weighted by Gasteiger charge is 2.43. The molecule has 0 aromatic carbocycles. The highest BCUT2D eigenvalue weighted by molar-refractivity contribution is 5.87. The van der Waals surface area contributed by atoms with Gasteiger partial charge in [0.2, 0.25) is 5.91 Å². The third-order valence-corrected chi connectivity index (χ3v) is 3.92. The summed E-state index contributed by atoms with van der Waals surface area (Å²) in [5.74, 6) is -0.869. The van der Waals surface area contributed by atoms with Gasteiger partial charge < -0.3 is 15.2 Å². The molecule has 0 spiro atoms. The Morgan fingerprint density at radius 3 is 2.58 bits per heavy atom. The molecule has 1 aliphatic rings. The summed E-state index contributed by atoms with van der Waals surface area (Å²) in [7, 11) is 1.54. The zero-order valence-electron chi connectivity index (χ0n) is 12.3. The molecule has 2 unspecified atom stereocenters. The fraction of sp³-hybridized carbons (Fsp3) is 0.857. The van der Waals surface area contributed by atoms with E-state index in [1.54, 1.807) is 7.11 Å². The van der Waals surface area contributed by atoms with Gasteiger partial charge in [0, 0.05) is 7.11 Å². The van der Waals surface area contributed by atoms with Gasteiger partial charge in [0.15, 0.2) is 0 Å². The van der Waals surface area contributed by atoms with Crippen molar-refractivity contribution in [2.24, 2.45) is 5.92 Å². The summed E-state index contributed by atoms with van der Waals surface area (Å²) in [5.41, 5.74) is -1.68. The Labute approximate surface area is 114 Å². The number of hydrogen-bond acceptors (Lipinski definition) is 3. The number of rotatable bonds is 5. The van der Waals surface area contributed by atoms with Crippen molar-refractivity contribution >= 4 is 11.9 Å². The molecule has 0 bridgehead atoms. The van der Waals surface area contributed by atoms with Crippen LogP contribution < -0.4 is 5.32 Å². The van der Waals surface area contributed by atoms with Crippen molar-refractivity contribution in [3.05, 3.63) is 0 Å². The standard InChI is InChI=1S/C14H25NO4/c1-10-6-5-7-14(8-10,12(17)18)15-11(16)9-13(2,3)19-4/h10H,5-9H2,1-4H3,(H,15,16)(H,17,18). The number of carbonyl (C=O) groups is 2. The van der Waals surface area contributed by atoms with E-state index in [0.717, 1.165) is 12.8 Å². The van der Waals surface area contributed by atoms with Crippen molar-refractivity contribution in [3.8, 4) is 0 Å². The first kappa shape index (κ1) is 16.0. The minimum atomic E-state index is -1.10. The number of amides is 1. The van der Waals surface area contributed by atoms with Crippen LogP contribution in [-0.2, 0) is 14.3 Å². The lowest BCUT2D eigenvalue weighted by molar-refractivity contribution is -0.151. The Morgan fingerprint density at radius 2 is 2.11 bits per heavy atom. The normalized spacial score (nSPS) is 27.9. The van der Waals surface area contributed by atoms with Gasteiger partial charge >= 0.3 is 5.97 Å². The molecular weight excluding hydrogens is 246 g/mol. The SMILES string of the molecule is COC(C)(C)CC(=O)NC1(C(=O)O)CCCC(C)C1. The third-order valence-electron chi connectivity index (χ3n) is 3.92. The van der Waals surface area contributed by atoms with E-state index >= 15 is 0 Å². The molecule has 0 saturated heterocycles. The average Bonchev–Trinajstić information content (AvgIpc) is 2.27. The van der Waals surface area contributed by atoms with Gasteiger partial charge in [0.25, 0.3) is 0 Å². The van der Waals surface area contributed by atoms with Gasteiger partial charge in [-0.3, -0.25) is 4.79 Å². The molecule has 0 radical (unpaired) electrons. The Bertz CT molecular complexity index is 353. The Morgan fingerprint density at radius 1 is 1.47 bits per heavy atom. The number of carboxylic acid groups (broad SMARTS) is 1. The molecule has 1 amide bonds. The number of carbonyl (C=O) groups excluding carboxylic acids is 1. The Hall–Kier alpha value is -1.10. The lowest BCUT2D eigenvalue weighted by atomic mass is 9.76. The molecule has 1 fully saturated rings. The van der Waals surface area contributed by atoms with E-state index < -0.39 is 17.1 Å². The van der Waals surface area contributed by atoms with E-state index in [-0.39, 0.29) is 12.3 Å². The summed E-state index contributed by atoms with van der Waals surface area (Å²) in [4.78, 5) is 23.6. The van der Waals surface area contributed by atoms with Crippen LogP contribution in [0.1, 0.15) is 52.9 Å². The number of methoxy groups -OCH3 is 1. The van der Waals surface area contributed by atoms with Crippen molar-refractivity contribution < 1.29 is 19.4 Å². The lowest BCUT2D eigenvalue weighted by Gasteiger charge is -2.37. The summed E-state index contributed by atoms with van der Waals surface area (Å²) >= 11 is 0. The first-order valence-corrected chi connectivity index (χ1v) is 6.80. The number of ether oxygens (including phenoxy) is 1. The average molecular weight is 271 g/mol. The van der Waals surface area contributed by atoms with Gasteiger partial charge in [-0.2, -0.15) is 0 Å². The van der Waals surface area contributed by atoms with Gasteiger partial charge in [-0.25, -0.2) is 4.79 Å². The van der Waals surface area contributed by atoms with Crippen LogP contribution in [0, 0.1) is 5.92 Å². The molecule has 0 heterocycles. The van der Waals surface area contributed by atoms with Crippen LogP contribution in [0.2, 0.25) is 0 Å². The Balaban J connectivity index is 2.74. The predicted molar refractivity (Wildman–Crippen MR) is 71.8 cm³/mol. The summed E-state index contributed by atoms with van der Waals surface area (Å²) in [6.07, 6.45) is 3.02. The van der Waals surface area contributed by atoms with Crippen LogP contribution in [-0.4, -0.2) is 35.2 Å². The van der Waals surface area contributed by atoms with Crippen LogP contribution in [0.4, 0.5) is 0 Å². The first-order valence-electron chi connectivity index (χ1n) is 6.80. The molecule has 5 heteroatoms. The molecule has 0 aromatic heterocycles. The molecule has 19 heavy (non-hydrogen) atoms. The van der Waals surface area contributed by atoms with Crippen molar-refractivity contribution in [2.75, 3.05) is 7.11 Å². The zero-order valence-corrected chi connectivity index (χ0v) is 12.3. The maximum absolute atomic E-state index is 12.0. The molecule has 110 valence electrons. The van der Waals surface area contributed by atoms with E-state index in [1.165, 1.54) is 0 Å². The second kappa shape index (κ2) is 5.90. The molecule has 1 saturated carbocycles. The Kier molecular flexibility index (Phi) is 4.96. The van der Waals surface area contributed by atoms with Gasteiger partial charge in [0.05, 0.1) is 12.0 Å². The minimum absolute atomic E-state index is 0.160. The number of nitrogens with one attached hydrogen (secondary N) is 1. The smallest absolute Gasteiger partial charge is 0.329 e. The molecule has 1 aliphatic carbocycles. The highest BCUT2D eigenvalue weighted by Crippen LogP contribution is 2.33. The largest absolute Gasteiger partial charge is 0.480 e. The predicted octanol–water partition coefficient (Wildman–Crippen LogP) is 1.95. The molecule has 0 aromatic rings. The lowest BCUT2D eigenvalue weighted by Crippen LogP contribution is -2.57. The number of hydrogen-bond donors (Lipinski definition) is 2. The fourth-order valence-corrected chi connectivity index (χ4v) is 2.68. The van der Waals surface area contributed by atoms with Gasteiger partial charge in [0.1, 0.15) is 5.54 Å². The topological polar surface area (TPSA) is 75.6 Å². The number of carboxylic acids is 1. The first-order chi connectivity index (χ1) is 8.71. The molecular formula is C14H25NO4. The summed E-state index contributed by atoms with van der Waals surface area (Å²) in [6.45, 7) is 5.65. The maximum atomic E-state index is 12.0. The molecule has 1 rings (SSSR count). The summed E-state index contributed by atoms with van der Waals surface area (Å²) in [6, 6.07) is 0. The molecule has 2 N–H and O–H groups in total. The van der Waals surface area contributed by atoms with Crippen molar-refractivity contribution in [2.45, 2.75) is 64.0 Å². The van der Waals surface area contributed by atoms with Gasteiger partial charge in [-0.05, 0) is 32.6 Å². The van der Waals surface area contributed by atoms with Crippen LogP contribution in [0.3, 0.4) is 0 Å². The quantitative estimate of drug-likeness (QED) is 0.801. The van der Waals surface area contributed by atoms with Gasteiger partial charge in [-0.1, -0.05) is 19.8 Å². The van der Waals surface area contributed by atoms with Gasteiger partial charge in [-0.15, -0.1) is 0 Å². The van der Waals surface area contributed by atoms with Crippen LogP contribution >= 0.6 is 0 Å². The van der Waals surface area contributed by atoms with Crippen molar-refractivity contribution in [1.82, 2.24) is 5.32 Å². The number of aliphatic carboxylic acids is 1. The van der Waals surface area contributed by atoms with E-state index in [9.17, 15) is 14.7 Å². The molecule has 0 aliphatic heterocycles. The van der Waals surface area contributed by atoms with E-state index in [4.69, 9.17) is 4.74 Å². The van der Waals surface area contributed by atoms with E-state index in [2.05, 4.69) is 5.32 Å². The molecule has 2 atom stereocenters. The third kappa shape index (κ3) is 4.20. The monoisotopic (exact) mass is 271 g/mol. The van der Waals surface area contributed by atoms with Crippen LogP contribution in [0.5, 0.6) is 0 Å². The highest BCUT2D eigenvalue weighted by atomic mass is 16.5. The van der Waals surface area contributed by atoms with E-state index in [0.29, 0.717) is 18.8 Å². The second-order valence-corrected chi connectivity index (χ2v) is 6.28. The maximum Gasteiger partial charge on any atom is 0.329 e. The van der Waals surface area contributed by atoms with Crippen LogP contribution in [0.25, 0.3) is 0 Å². The summed E-state index contributed by atoms with van der Waals surface area (Å²) in [5, 5.41) is 12.2.